The van der Waals surface area contributed by atoms with Crippen LogP contribution < -0.4 is 5.32 Å². The molecule has 0 saturated carbocycles. The lowest BCUT2D eigenvalue weighted by atomic mass is 10.3. The van der Waals surface area contributed by atoms with Crippen LogP contribution in [0.1, 0.15) is 19.2 Å². The molecule has 1 heterocycles. The van der Waals surface area contributed by atoms with Gasteiger partial charge in [0.15, 0.2) is 12.2 Å². The number of hydrogen-bond acceptors (Lipinski definition) is 5. The standard InChI is InChI=1S/C15H16N2O4/c1-2-9-16-13(18)10-20-15(19)8-7-14-17-11-5-3-4-6-12(11)21-14/h3-8H,2,9-10H2,1H3,(H,16,18)/b8-7+. The van der Waals surface area contributed by atoms with Crippen molar-refractivity contribution < 1.29 is 18.7 Å². The Kier molecular flexibility index (Phi) is 5.09. The maximum absolute atomic E-state index is 11.5. The number of benzene rings is 1. The molecule has 2 rings (SSSR count). The lowest BCUT2D eigenvalue weighted by Crippen LogP contribution is -2.28. The van der Waals surface area contributed by atoms with E-state index in [2.05, 4.69) is 10.3 Å². The van der Waals surface area contributed by atoms with E-state index < -0.39 is 5.97 Å². The number of nitrogens with one attached hydrogen (secondary N) is 1. The van der Waals surface area contributed by atoms with Crippen LogP contribution >= 0.6 is 0 Å². The molecule has 6 heteroatoms. The minimum Gasteiger partial charge on any atom is -0.452 e. The minimum absolute atomic E-state index is 0.295. The smallest absolute Gasteiger partial charge is 0.331 e. The van der Waals surface area contributed by atoms with E-state index >= 15 is 0 Å². The van der Waals surface area contributed by atoms with Gasteiger partial charge in [0.2, 0.25) is 5.89 Å². The van der Waals surface area contributed by atoms with Crippen molar-refractivity contribution in [1.82, 2.24) is 10.3 Å². The first-order valence-electron chi connectivity index (χ1n) is 6.66. The molecule has 0 fully saturated rings. The van der Waals surface area contributed by atoms with Gasteiger partial charge in [-0.3, -0.25) is 4.79 Å². The van der Waals surface area contributed by atoms with Gasteiger partial charge in [-0.1, -0.05) is 19.1 Å². The number of aromatic nitrogens is 1. The fraction of sp³-hybridized carbons (Fsp3) is 0.267. The van der Waals surface area contributed by atoms with Crippen LogP contribution in [0.25, 0.3) is 17.2 Å². The Labute approximate surface area is 121 Å². The largest absolute Gasteiger partial charge is 0.452 e. The third-order valence-electron chi connectivity index (χ3n) is 2.59. The zero-order valence-electron chi connectivity index (χ0n) is 11.7. The van der Waals surface area contributed by atoms with E-state index in [1.54, 1.807) is 6.07 Å². The molecule has 0 radical (unpaired) electrons. The lowest BCUT2D eigenvalue weighted by Gasteiger charge is -2.02. The van der Waals surface area contributed by atoms with Crippen molar-refractivity contribution >= 4 is 29.1 Å². The molecule has 0 atom stereocenters. The average Bonchev–Trinajstić information content (AvgIpc) is 2.91. The van der Waals surface area contributed by atoms with Gasteiger partial charge in [0.25, 0.3) is 5.91 Å². The SMILES string of the molecule is CCCNC(=O)COC(=O)/C=C/c1nc2ccccc2o1. The van der Waals surface area contributed by atoms with Crippen molar-refractivity contribution in [3.63, 3.8) is 0 Å². The molecule has 0 bridgehead atoms. The van der Waals surface area contributed by atoms with Crippen molar-refractivity contribution in [2.75, 3.05) is 13.2 Å². The summed E-state index contributed by atoms with van der Waals surface area (Å²) >= 11 is 0. The van der Waals surface area contributed by atoms with Crippen LogP contribution in [0.2, 0.25) is 0 Å². The number of carbonyl (C=O) groups is 2. The monoisotopic (exact) mass is 288 g/mol. The second kappa shape index (κ2) is 7.23. The van der Waals surface area contributed by atoms with E-state index in [0.717, 1.165) is 6.42 Å². The first-order valence-corrected chi connectivity index (χ1v) is 6.66. The van der Waals surface area contributed by atoms with Gasteiger partial charge in [0, 0.05) is 18.7 Å². The summed E-state index contributed by atoms with van der Waals surface area (Å²) in [6.07, 6.45) is 3.42. The predicted octanol–water partition coefficient (Wildman–Crippen LogP) is 1.91. The van der Waals surface area contributed by atoms with Crippen LogP contribution in [0.4, 0.5) is 0 Å². The molecule has 0 unspecified atom stereocenters. The minimum atomic E-state index is -0.621. The molecule has 0 saturated heterocycles. The Balaban J connectivity index is 1.85. The van der Waals surface area contributed by atoms with Crippen molar-refractivity contribution in [2.24, 2.45) is 0 Å². The van der Waals surface area contributed by atoms with Gasteiger partial charge in [-0.15, -0.1) is 0 Å². The van der Waals surface area contributed by atoms with Crippen molar-refractivity contribution in [3.8, 4) is 0 Å². The van der Waals surface area contributed by atoms with Crippen LogP contribution in [-0.4, -0.2) is 30.0 Å². The lowest BCUT2D eigenvalue weighted by molar-refractivity contribution is -0.143. The highest BCUT2D eigenvalue weighted by molar-refractivity contribution is 5.89. The zero-order chi connectivity index (χ0) is 15.1. The third-order valence-corrected chi connectivity index (χ3v) is 2.59. The molecular weight excluding hydrogens is 272 g/mol. The van der Waals surface area contributed by atoms with Crippen molar-refractivity contribution in [1.29, 1.82) is 0 Å². The first kappa shape index (κ1) is 14.8. The Morgan fingerprint density at radius 3 is 2.95 bits per heavy atom. The van der Waals surface area contributed by atoms with Gasteiger partial charge in [-0.2, -0.15) is 0 Å². The quantitative estimate of drug-likeness (QED) is 0.648. The summed E-state index contributed by atoms with van der Waals surface area (Å²) in [7, 11) is 0. The predicted molar refractivity (Wildman–Crippen MR) is 77.3 cm³/mol. The Morgan fingerprint density at radius 2 is 2.19 bits per heavy atom. The first-order chi connectivity index (χ1) is 10.2. The number of hydrogen-bond donors (Lipinski definition) is 1. The molecule has 1 N–H and O–H groups in total. The second-order valence-corrected chi connectivity index (χ2v) is 4.31. The number of carbonyl (C=O) groups excluding carboxylic acids is 2. The van der Waals surface area contributed by atoms with Gasteiger partial charge < -0.3 is 14.5 Å². The van der Waals surface area contributed by atoms with Crippen LogP contribution in [-0.2, 0) is 14.3 Å². The molecule has 6 nitrogen and oxygen atoms in total. The number of fused-ring (bicyclic) bond motifs is 1. The van der Waals surface area contributed by atoms with Crippen LogP contribution in [0.15, 0.2) is 34.8 Å². The van der Waals surface area contributed by atoms with Gasteiger partial charge in [-0.25, -0.2) is 9.78 Å². The van der Waals surface area contributed by atoms with E-state index in [1.165, 1.54) is 12.2 Å². The van der Waals surface area contributed by atoms with Crippen LogP contribution in [0, 0.1) is 0 Å². The molecule has 1 aromatic carbocycles. The summed E-state index contributed by atoms with van der Waals surface area (Å²) in [6.45, 7) is 2.21. The Hall–Kier alpha value is -2.63. The molecule has 0 aliphatic heterocycles. The number of nitrogens with zero attached hydrogens (tertiary/aromatic N) is 1. The third kappa shape index (κ3) is 4.45. The highest BCUT2D eigenvalue weighted by Gasteiger charge is 2.05. The number of amides is 1. The number of rotatable bonds is 6. The molecular formula is C15H16N2O4. The summed E-state index contributed by atoms with van der Waals surface area (Å²) in [4.78, 5) is 26.9. The molecule has 110 valence electrons. The van der Waals surface area contributed by atoms with E-state index in [4.69, 9.17) is 9.15 Å². The molecule has 0 aliphatic rings. The summed E-state index contributed by atoms with van der Waals surface area (Å²) in [5.74, 6) is -0.632. The number of para-hydroxylation sites is 2. The summed E-state index contributed by atoms with van der Waals surface area (Å²) < 4.78 is 10.2. The Morgan fingerprint density at radius 1 is 1.38 bits per heavy atom. The zero-order valence-corrected chi connectivity index (χ0v) is 11.7. The topological polar surface area (TPSA) is 81.4 Å². The highest BCUT2D eigenvalue weighted by Crippen LogP contribution is 2.15. The van der Waals surface area contributed by atoms with Crippen LogP contribution in [0.5, 0.6) is 0 Å². The molecule has 1 aromatic heterocycles. The average molecular weight is 288 g/mol. The van der Waals surface area contributed by atoms with Gasteiger partial charge in [0.1, 0.15) is 5.52 Å². The summed E-state index contributed by atoms with van der Waals surface area (Å²) in [5.41, 5.74) is 1.36. The van der Waals surface area contributed by atoms with E-state index in [-0.39, 0.29) is 12.5 Å². The van der Waals surface area contributed by atoms with Crippen LogP contribution in [0.3, 0.4) is 0 Å². The molecule has 1 amide bonds. The highest BCUT2D eigenvalue weighted by atomic mass is 16.5. The number of ether oxygens (including phenoxy) is 1. The van der Waals surface area contributed by atoms with E-state index in [1.807, 2.05) is 25.1 Å². The normalized spacial score (nSPS) is 10.9. The summed E-state index contributed by atoms with van der Waals surface area (Å²) in [5, 5.41) is 2.61. The number of esters is 1. The van der Waals surface area contributed by atoms with E-state index in [0.29, 0.717) is 23.5 Å². The Bertz CT molecular complexity index is 627. The molecule has 0 aliphatic carbocycles. The van der Waals surface area contributed by atoms with Crippen molar-refractivity contribution in [2.45, 2.75) is 13.3 Å². The molecule has 21 heavy (non-hydrogen) atoms. The van der Waals surface area contributed by atoms with E-state index in [9.17, 15) is 9.59 Å². The molecule has 2 aromatic rings. The number of oxazole rings is 1. The van der Waals surface area contributed by atoms with Gasteiger partial charge in [-0.05, 0) is 18.6 Å². The molecule has 0 spiro atoms. The second-order valence-electron chi connectivity index (χ2n) is 4.31. The summed E-state index contributed by atoms with van der Waals surface area (Å²) in [6, 6.07) is 7.29. The van der Waals surface area contributed by atoms with Crippen molar-refractivity contribution in [3.05, 3.63) is 36.2 Å². The van der Waals surface area contributed by atoms with Gasteiger partial charge in [0.05, 0.1) is 0 Å². The fourth-order valence-corrected chi connectivity index (χ4v) is 1.60. The van der Waals surface area contributed by atoms with Gasteiger partial charge >= 0.3 is 5.97 Å². The maximum Gasteiger partial charge on any atom is 0.331 e. The fourth-order valence-electron chi connectivity index (χ4n) is 1.60. The maximum atomic E-state index is 11.5.